The van der Waals surface area contributed by atoms with Gasteiger partial charge >= 0.3 is 0 Å². The number of nitrogens with zero attached hydrogens (tertiary/aromatic N) is 2. The first-order chi connectivity index (χ1) is 7.31. The molecule has 15 heavy (non-hydrogen) atoms. The highest BCUT2D eigenvalue weighted by atomic mass is 19.1. The highest BCUT2D eigenvalue weighted by Gasteiger charge is 2.17. The summed E-state index contributed by atoms with van der Waals surface area (Å²) in [5.41, 5.74) is 0.471. The molecular formula is C10H15FN4. The summed E-state index contributed by atoms with van der Waals surface area (Å²) in [6.07, 6.45) is 3.00. The third kappa shape index (κ3) is 2.23. The number of halogens is 1. The largest absolute Gasteiger partial charge is 0.363 e. The average molecular weight is 210 g/mol. The lowest BCUT2D eigenvalue weighted by molar-refractivity contribution is 0.592. The Labute approximate surface area is 88.3 Å². The summed E-state index contributed by atoms with van der Waals surface area (Å²) in [5, 5.41) is 6.31. The Morgan fingerprint density at radius 1 is 1.60 bits per heavy atom. The van der Waals surface area contributed by atoms with Gasteiger partial charge in [0.2, 0.25) is 0 Å². The summed E-state index contributed by atoms with van der Waals surface area (Å²) in [6, 6.07) is 0.277. The molecule has 1 aliphatic heterocycles. The lowest BCUT2D eigenvalue weighted by Crippen LogP contribution is -2.23. The zero-order valence-corrected chi connectivity index (χ0v) is 8.76. The van der Waals surface area contributed by atoms with E-state index in [1.54, 1.807) is 0 Å². The van der Waals surface area contributed by atoms with Crippen LogP contribution in [0.25, 0.3) is 0 Å². The van der Waals surface area contributed by atoms with Gasteiger partial charge < -0.3 is 10.6 Å². The van der Waals surface area contributed by atoms with Crippen LogP contribution < -0.4 is 10.6 Å². The van der Waals surface area contributed by atoms with E-state index in [1.165, 1.54) is 6.33 Å². The van der Waals surface area contributed by atoms with E-state index in [0.717, 1.165) is 19.5 Å². The molecule has 0 saturated carbocycles. The lowest BCUT2D eigenvalue weighted by atomic mass is 10.2. The zero-order chi connectivity index (χ0) is 10.7. The van der Waals surface area contributed by atoms with E-state index in [9.17, 15) is 4.39 Å². The normalized spacial score (nSPS) is 20.5. The topological polar surface area (TPSA) is 49.8 Å². The molecule has 0 unspecified atom stereocenters. The van der Waals surface area contributed by atoms with E-state index < -0.39 is 0 Å². The maximum Gasteiger partial charge on any atom is 0.186 e. The maximum atomic E-state index is 13.7. The molecule has 2 rings (SSSR count). The summed E-state index contributed by atoms with van der Waals surface area (Å²) in [4.78, 5) is 7.82. The van der Waals surface area contributed by atoms with E-state index in [-0.39, 0.29) is 11.9 Å². The van der Waals surface area contributed by atoms with Crippen LogP contribution in [0.1, 0.15) is 19.0 Å². The molecule has 2 N–H and O–H groups in total. The molecule has 1 fully saturated rings. The second-order valence-corrected chi connectivity index (χ2v) is 3.67. The molecule has 1 aromatic heterocycles. The lowest BCUT2D eigenvalue weighted by Gasteiger charge is -2.13. The van der Waals surface area contributed by atoms with Gasteiger partial charge in [0.15, 0.2) is 11.6 Å². The molecule has 2 heterocycles. The van der Waals surface area contributed by atoms with Crippen molar-refractivity contribution >= 4 is 5.82 Å². The molecule has 1 saturated heterocycles. The first-order valence-corrected chi connectivity index (χ1v) is 5.28. The van der Waals surface area contributed by atoms with Crippen molar-refractivity contribution in [3.63, 3.8) is 0 Å². The molecule has 82 valence electrons. The first-order valence-electron chi connectivity index (χ1n) is 5.28. The molecule has 0 amide bonds. The van der Waals surface area contributed by atoms with Crippen LogP contribution in [0.4, 0.5) is 10.2 Å². The molecule has 1 aromatic rings. The Bertz CT molecular complexity index is 336. The molecule has 0 aliphatic carbocycles. The van der Waals surface area contributed by atoms with Crippen LogP contribution in [-0.2, 0) is 6.42 Å². The minimum absolute atomic E-state index is 0.277. The summed E-state index contributed by atoms with van der Waals surface area (Å²) in [7, 11) is 0. The number of hydrogen-bond acceptors (Lipinski definition) is 4. The van der Waals surface area contributed by atoms with Crippen LogP contribution >= 0.6 is 0 Å². The molecule has 4 nitrogen and oxygen atoms in total. The second-order valence-electron chi connectivity index (χ2n) is 3.67. The number of aromatic nitrogens is 2. The van der Waals surface area contributed by atoms with Gasteiger partial charge in [-0.3, -0.25) is 0 Å². The smallest absolute Gasteiger partial charge is 0.186 e. The molecule has 1 atom stereocenters. The van der Waals surface area contributed by atoms with Gasteiger partial charge in [-0.05, 0) is 19.4 Å². The van der Waals surface area contributed by atoms with Gasteiger partial charge in [-0.25, -0.2) is 14.4 Å². The van der Waals surface area contributed by atoms with E-state index >= 15 is 0 Å². The molecule has 0 spiro atoms. The van der Waals surface area contributed by atoms with Gasteiger partial charge in [0, 0.05) is 12.6 Å². The van der Waals surface area contributed by atoms with Gasteiger partial charge in [0.25, 0.3) is 0 Å². The number of rotatable bonds is 3. The van der Waals surface area contributed by atoms with Gasteiger partial charge in [0.05, 0.1) is 5.69 Å². The fourth-order valence-electron chi connectivity index (χ4n) is 1.72. The van der Waals surface area contributed by atoms with Crippen LogP contribution in [-0.4, -0.2) is 29.1 Å². The Morgan fingerprint density at radius 3 is 3.13 bits per heavy atom. The quantitative estimate of drug-likeness (QED) is 0.780. The highest BCUT2D eigenvalue weighted by molar-refractivity contribution is 5.38. The van der Waals surface area contributed by atoms with E-state index in [4.69, 9.17) is 0 Å². The van der Waals surface area contributed by atoms with Gasteiger partial charge in [-0.1, -0.05) is 6.92 Å². The van der Waals surface area contributed by atoms with E-state index in [0.29, 0.717) is 17.9 Å². The van der Waals surface area contributed by atoms with Crippen molar-refractivity contribution in [2.45, 2.75) is 25.8 Å². The predicted octanol–water partition coefficient (Wildman–Crippen LogP) is 0.952. The summed E-state index contributed by atoms with van der Waals surface area (Å²) in [6.45, 7) is 3.72. The van der Waals surface area contributed by atoms with Crippen LogP contribution in [0.3, 0.4) is 0 Å². The van der Waals surface area contributed by atoms with Gasteiger partial charge in [-0.15, -0.1) is 0 Å². The van der Waals surface area contributed by atoms with Crippen LogP contribution in [0.15, 0.2) is 6.33 Å². The van der Waals surface area contributed by atoms with Crippen molar-refractivity contribution in [3.05, 3.63) is 17.8 Å². The molecule has 0 radical (unpaired) electrons. The van der Waals surface area contributed by atoms with E-state index in [1.807, 2.05) is 6.92 Å². The Hall–Kier alpha value is -1.23. The van der Waals surface area contributed by atoms with Gasteiger partial charge in [-0.2, -0.15) is 0 Å². The predicted molar refractivity (Wildman–Crippen MR) is 56.3 cm³/mol. The first kappa shape index (κ1) is 10.3. The van der Waals surface area contributed by atoms with E-state index in [2.05, 4.69) is 20.6 Å². The molecule has 5 heteroatoms. The number of nitrogens with one attached hydrogen (secondary N) is 2. The Balaban J connectivity index is 2.13. The fourth-order valence-corrected chi connectivity index (χ4v) is 1.72. The zero-order valence-electron chi connectivity index (χ0n) is 8.76. The van der Waals surface area contributed by atoms with Crippen molar-refractivity contribution in [3.8, 4) is 0 Å². The minimum atomic E-state index is -0.313. The number of aryl methyl sites for hydroxylation is 1. The van der Waals surface area contributed by atoms with Crippen LogP contribution in [0, 0.1) is 5.82 Å². The maximum absolute atomic E-state index is 13.7. The average Bonchev–Trinajstić information content (AvgIpc) is 2.74. The summed E-state index contributed by atoms with van der Waals surface area (Å²) >= 11 is 0. The monoisotopic (exact) mass is 210 g/mol. The number of anilines is 1. The third-order valence-electron chi connectivity index (χ3n) is 2.60. The van der Waals surface area contributed by atoms with Crippen molar-refractivity contribution in [1.82, 2.24) is 15.3 Å². The molecular weight excluding hydrogens is 195 g/mol. The highest BCUT2D eigenvalue weighted by Crippen LogP contribution is 2.15. The second kappa shape index (κ2) is 4.53. The van der Waals surface area contributed by atoms with Crippen molar-refractivity contribution in [1.29, 1.82) is 0 Å². The standard InChI is InChI=1S/C10H15FN4/c1-2-8-9(11)10(14-6-13-8)15-7-3-4-12-5-7/h6-7,12H,2-5H2,1H3,(H,13,14,15)/t7-/m1/s1. The summed E-state index contributed by atoms with van der Waals surface area (Å²) in [5.74, 6) is 0.0162. The van der Waals surface area contributed by atoms with Crippen molar-refractivity contribution in [2.75, 3.05) is 18.4 Å². The Kier molecular flexibility index (Phi) is 3.11. The van der Waals surface area contributed by atoms with Crippen molar-refractivity contribution < 1.29 is 4.39 Å². The molecule has 1 aliphatic rings. The van der Waals surface area contributed by atoms with Crippen LogP contribution in [0.5, 0.6) is 0 Å². The summed E-state index contributed by atoms with van der Waals surface area (Å²) < 4.78 is 13.7. The van der Waals surface area contributed by atoms with Gasteiger partial charge in [0.1, 0.15) is 6.33 Å². The molecule has 0 aromatic carbocycles. The fraction of sp³-hybridized carbons (Fsp3) is 0.600. The third-order valence-corrected chi connectivity index (χ3v) is 2.60. The SMILES string of the molecule is CCc1ncnc(N[C@@H]2CCNC2)c1F. The van der Waals surface area contributed by atoms with Crippen molar-refractivity contribution in [2.24, 2.45) is 0 Å². The molecule has 0 bridgehead atoms. The minimum Gasteiger partial charge on any atom is -0.363 e. The Morgan fingerprint density at radius 2 is 2.47 bits per heavy atom. The van der Waals surface area contributed by atoms with Crippen LogP contribution in [0.2, 0.25) is 0 Å². The number of hydrogen-bond donors (Lipinski definition) is 2.